The molecule has 0 fully saturated rings. The van der Waals surface area contributed by atoms with Crippen LogP contribution in [-0.2, 0) is 22.2 Å². The lowest BCUT2D eigenvalue weighted by Gasteiger charge is -2.21. The molecule has 6 aromatic rings. The summed E-state index contributed by atoms with van der Waals surface area (Å²) in [5.41, 5.74) is 3.49. The van der Waals surface area contributed by atoms with Crippen LogP contribution in [0.25, 0.3) is 16.5 Å². The lowest BCUT2D eigenvalue weighted by atomic mass is 10.1. The summed E-state index contributed by atoms with van der Waals surface area (Å²) in [5.74, 6) is 0.619. The normalized spacial score (nSPS) is 12.4. The first-order valence-corrected chi connectivity index (χ1v) is 16.8. The van der Waals surface area contributed by atoms with Crippen molar-refractivity contribution in [2.45, 2.75) is 35.2 Å². The smallest absolute Gasteiger partial charge is 0.241 e. The SMILES string of the molecule is Cc1ccc(Cl)cc1-n1c(SCc2ccc(F)cc2)nnc1C(Cc1ccccc1)NS(=O)(=O)c1cccc2ccccc12. The number of nitrogens with one attached hydrogen (secondary N) is 1. The van der Waals surface area contributed by atoms with E-state index in [9.17, 15) is 12.8 Å². The average molecular weight is 643 g/mol. The van der Waals surface area contributed by atoms with Crippen LogP contribution in [0.15, 0.2) is 125 Å². The molecule has 44 heavy (non-hydrogen) atoms. The highest BCUT2D eigenvalue weighted by molar-refractivity contribution is 7.98. The zero-order valence-corrected chi connectivity index (χ0v) is 26.1. The van der Waals surface area contributed by atoms with Crippen molar-refractivity contribution < 1.29 is 12.8 Å². The van der Waals surface area contributed by atoms with Gasteiger partial charge in [0.25, 0.3) is 0 Å². The summed E-state index contributed by atoms with van der Waals surface area (Å²) in [6.45, 7) is 1.95. The van der Waals surface area contributed by atoms with E-state index in [0.717, 1.165) is 27.8 Å². The van der Waals surface area contributed by atoms with Crippen molar-refractivity contribution in [3.8, 4) is 5.69 Å². The number of aromatic nitrogens is 3. The van der Waals surface area contributed by atoms with Crippen LogP contribution in [-0.4, -0.2) is 23.2 Å². The number of nitrogens with zero attached hydrogens (tertiary/aromatic N) is 3. The molecule has 0 aliphatic rings. The Kier molecular flexibility index (Phi) is 8.81. The van der Waals surface area contributed by atoms with Gasteiger partial charge in [0.1, 0.15) is 5.82 Å². The van der Waals surface area contributed by atoms with E-state index in [1.165, 1.54) is 23.9 Å². The Morgan fingerprint density at radius 2 is 1.59 bits per heavy atom. The zero-order chi connectivity index (χ0) is 30.7. The number of halogens is 2. The minimum atomic E-state index is -4.02. The maximum Gasteiger partial charge on any atom is 0.241 e. The average Bonchev–Trinajstić information content (AvgIpc) is 3.45. The number of hydrogen-bond donors (Lipinski definition) is 1. The highest BCUT2D eigenvalue weighted by Crippen LogP contribution is 2.33. The lowest BCUT2D eigenvalue weighted by Crippen LogP contribution is -2.32. The Morgan fingerprint density at radius 3 is 2.39 bits per heavy atom. The van der Waals surface area contributed by atoms with E-state index in [0.29, 0.717) is 33.6 Å². The van der Waals surface area contributed by atoms with Gasteiger partial charge in [-0.2, -0.15) is 0 Å². The van der Waals surface area contributed by atoms with Gasteiger partial charge in [0.2, 0.25) is 10.0 Å². The molecular weight excluding hydrogens is 615 g/mol. The van der Waals surface area contributed by atoms with Gasteiger partial charge in [-0.1, -0.05) is 108 Å². The standard InChI is InChI=1S/C34H28ClFN4O2S2/c1-23-14-17-27(35)21-31(23)40-33(37-38-34(40)43-22-25-15-18-28(36)19-16-25)30(20-24-8-3-2-4-9-24)39-44(41,42)32-13-7-11-26-10-5-6-12-29(26)32/h2-19,21,30,39H,20,22H2,1H3. The van der Waals surface area contributed by atoms with Gasteiger partial charge in [0, 0.05) is 16.2 Å². The van der Waals surface area contributed by atoms with Crippen molar-refractivity contribution >= 4 is 44.2 Å². The molecule has 222 valence electrons. The molecule has 10 heteroatoms. The summed E-state index contributed by atoms with van der Waals surface area (Å²) in [5, 5.41) is 11.7. The van der Waals surface area contributed by atoms with Crippen LogP contribution in [0.2, 0.25) is 5.02 Å². The first-order valence-electron chi connectivity index (χ1n) is 13.9. The number of rotatable bonds is 10. The van der Waals surface area contributed by atoms with Crippen molar-refractivity contribution in [3.05, 3.63) is 149 Å². The Balaban J connectivity index is 1.46. The highest BCUT2D eigenvalue weighted by atomic mass is 35.5. The molecule has 1 heterocycles. The van der Waals surface area contributed by atoms with Gasteiger partial charge in [0.15, 0.2) is 11.0 Å². The van der Waals surface area contributed by atoms with Gasteiger partial charge in [0.05, 0.1) is 16.6 Å². The van der Waals surface area contributed by atoms with Crippen LogP contribution in [0.5, 0.6) is 0 Å². The molecular formula is C34H28ClFN4O2S2. The molecule has 6 nitrogen and oxygen atoms in total. The molecule has 0 aliphatic heterocycles. The second-order valence-electron chi connectivity index (χ2n) is 10.4. The lowest BCUT2D eigenvalue weighted by molar-refractivity contribution is 0.538. The molecule has 0 aliphatic carbocycles. The van der Waals surface area contributed by atoms with Crippen molar-refractivity contribution in [1.29, 1.82) is 0 Å². The van der Waals surface area contributed by atoms with Crippen LogP contribution in [0.3, 0.4) is 0 Å². The number of thioether (sulfide) groups is 1. The van der Waals surface area contributed by atoms with E-state index in [2.05, 4.69) is 14.9 Å². The second kappa shape index (κ2) is 12.9. The Bertz CT molecular complexity index is 2030. The molecule has 0 amide bonds. The van der Waals surface area contributed by atoms with Crippen molar-refractivity contribution in [2.75, 3.05) is 0 Å². The van der Waals surface area contributed by atoms with Gasteiger partial charge < -0.3 is 0 Å². The minimum absolute atomic E-state index is 0.185. The van der Waals surface area contributed by atoms with E-state index < -0.39 is 16.1 Å². The largest absolute Gasteiger partial charge is 0.272 e. The fourth-order valence-corrected chi connectivity index (χ4v) is 7.59. The fourth-order valence-electron chi connectivity index (χ4n) is 5.10. The molecule has 1 atom stereocenters. The summed E-state index contributed by atoms with van der Waals surface area (Å²) in [6, 6.07) is 33.3. The molecule has 5 aromatic carbocycles. The number of benzene rings is 5. The molecule has 1 N–H and O–H groups in total. The van der Waals surface area contributed by atoms with E-state index in [1.807, 2.05) is 78.2 Å². The minimum Gasteiger partial charge on any atom is -0.272 e. The number of fused-ring (bicyclic) bond motifs is 1. The molecule has 0 bridgehead atoms. The maximum atomic E-state index is 14.1. The van der Waals surface area contributed by atoms with Gasteiger partial charge in [-0.3, -0.25) is 4.57 Å². The fraction of sp³-hybridized carbons (Fsp3) is 0.118. The topological polar surface area (TPSA) is 76.9 Å². The zero-order valence-electron chi connectivity index (χ0n) is 23.7. The predicted molar refractivity (Wildman–Crippen MR) is 174 cm³/mol. The Hall–Kier alpha value is -4.02. The molecule has 0 radical (unpaired) electrons. The van der Waals surface area contributed by atoms with Crippen molar-refractivity contribution in [2.24, 2.45) is 0 Å². The summed E-state index contributed by atoms with van der Waals surface area (Å²) in [6.07, 6.45) is 0.325. The summed E-state index contributed by atoms with van der Waals surface area (Å²) in [4.78, 5) is 0.185. The summed E-state index contributed by atoms with van der Waals surface area (Å²) >= 11 is 7.89. The number of sulfonamides is 1. The van der Waals surface area contributed by atoms with Gasteiger partial charge >= 0.3 is 0 Å². The monoisotopic (exact) mass is 642 g/mol. The molecule has 1 unspecified atom stereocenters. The number of aryl methyl sites for hydroxylation is 1. The van der Waals surface area contributed by atoms with Gasteiger partial charge in [-0.25, -0.2) is 17.5 Å². The van der Waals surface area contributed by atoms with E-state index in [-0.39, 0.29) is 10.7 Å². The van der Waals surface area contributed by atoms with Crippen LogP contribution >= 0.6 is 23.4 Å². The van der Waals surface area contributed by atoms with Gasteiger partial charge in [-0.15, -0.1) is 10.2 Å². The predicted octanol–water partition coefficient (Wildman–Crippen LogP) is 8.08. The van der Waals surface area contributed by atoms with E-state index in [1.54, 1.807) is 36.4 Å². The molecule has 0 saturated heterocycles. The van der Waals surface area contributed by atoms with Crippen molar-refractivity contribution in [3.63, 3.8) is 0 Å². The van der Waals surface area contributed by atoms with Crippen molar-refractivity contribution in [1.82, 2.24) is 19.5 Å². The third kappa shape index (κ3) is 6.56. The van der Waals surface area contributed by atoms with Crippen LogP contribution in [0.1, 0.15) is 28.6 Å². The number of hydrogen-bond acceptors (Lipinski definition) is 5. The summed E-state index contributed by atoms with van der Waals surface area (Å²) < 4.78 is 46.6. The van der Waals surface area contributed by atoms with Crippen LogP contribution in [0, 0.1) is 12.7 Å². The van der Waals surface area contributed by atoms with E-state index >= 15 is 0 Å². The quantitative estimate of drug-likeness (QED) is 0.153. The third-order valence-corrected chi connectivity index (χ3v) is 10.0. The Labute approximate surface area is 265 Å². The molecule has 0 spiro atoms. The molecule has 6 rings (SSSR count). The first-order chi connectivity index (χ1) is 21.3. The second-order valence-corrected chi connectivity index (χ2v) is 13.4. The molecule has 0 saturated carbocycles. The first kappa shape index (κ1) is 30.0. The van der Waals surface area contributed by atoms with Crippen LogP contribution < -0.4 is 4.72 Å². The maximum absolute atomic E-state index is 14.1. The molecule has 1 aromatic heterocycles. The van der Waals surface area contributed by atoms with Crippen LogP contribution in [0.4, 0.5) is 4.39 Å². The Morgan fingerprint density at radius 1 is 0.864 bits per heavy atom. The highest BCUT2D eigenvalue weighted by Gasteiger charge is 2.29. The summed E-state index contributed by atoms with van der Waals surface area (Å²) in [7, 11) is -4.02. The third-order valence-electron chi connectivity index (χ3n) is 7.28. The van der Waals surface area contributed by atoms with Gasteiger partial charge in [-0.05, 0) is 65.8 Å². The van der Waals surface area contributed by atoms with E-state index in [4.69, 9.17) is 11.6 Å².